The number of methoxy groups -OCH3 is 1. The van der Waals surface area contributed by atoms with Crippen molar-refractivity contribution >= 4 is 23.4 Å². The van der Waals surface area contributed by atoms with Crippen LogP contribution >= 0.6 is 11.3 Å². The Hall–Kier alpha value is -1.09. The van der Waals surface area contributed by atoms with Crippen molar-refractivity contribution in [2.45, 2.75) is 0 Å². The molecule has 1 aromatic rings. The monoisotopic (exact) mass is 167 g/mol. The van der Waals surface area contributed by atoms with Crippen molar-refractivity contribution in [3.63, 3.8) is 0 Å². The van der Waals surface area contributed by atoms with Gasteiger partial charge in [0, 0.05) is 6.08 Å². The van der Waals surface area contributed by atoms with Gasteiger partial charge in [-0.25, -0.2) is 4.79 Å². The van der Waals surface area contributed by atoms with Crippen molar-refractivity contribution in [1.29, 1.82) is 0 Å². The summed E-state index contributed by atoms with van der Waals surface area (Å²) in [5, 5.41) is 4.86. The second kappa shape index (κ2) is 3.93. The minimum Gasteiger partial charge on any atom is -0.466 e. The van der Waals surface area contributed by atoms with Crippen molar-refractivity contribution < 1.29 is 9.53 Å². The Morgan fingerprint density at radius 3 is 3.18 bits per heavy atom. The minimum atomic E-state index is -0.343. The van der Waals surface area contributed by atoms with Crippen LogP contribution in [0, 0.1) is 5.38 Å². The smallest absolute Gasteiger partial charge is 0.330 e. The molecule has 57 valence electrons. The maximum Gasteiger partial charge on any atom is 0.330 e. The molecule has 0 unspecified atom stereocenters. The van der Waals surface area contributed by atoms with Crippen LogP contribution < -0.4 is 0 Å². The molecule has 3 heteroatoms. The maximum absolute atomic E-state index is 10.6. The standard InChI is InChI=1S/C8H7O2S/c1-10-8(9)3-2-7-4-5-11-6-7/h2-5H,1H3/b3-2+. The Morgan fingerprint density at radius 2 is 2.64 bits per heavy atom. The van der Waals surface area contributed by atoms with Gasteiger partial charge in [0.25, 0.3) is 0 Å². The summed E-state index contributed by atoms with van der Waals surface area (Å²) in [7, 11) is 1.35. The average Bonchev–Trinajstić information content (AvgIpc) is 2.52. The third kappa shape index (κ3) is 2.55. The maximum atomic E-state index is 10.6. The van der Waals surface area contributed by atoms with E-state index in [-0.39, 0.29) is 5.97 Å². The molecule has 2 nitrogen and oxygen atoms in total. The Kier molecular flexibility index (Phi) is 2.86. The summed E-state index contributed by atoms with van der Waals surface area (Å²) in [6.07, 6.45) is 3.04. The van der Waals surface area contributed by atoms with Crippen LogP contribution in [0.4, 0.5) is 0 Å². The van der Waals surface area contributed by atoms with Crippen molar-refractivity contribution in [2.75, 3.05) is 7.11 Å². The zero-order valence-electron chi connectivity index (χ0n) is 6.03. The van der Waals surface area contributed by atoms with Gasteiger partial charge in [-0.05, 0) is 23.1 Å². The van der Waals surface area contributed by atoms with Gasteiger partial charge in [-0.1, -0.05) is 0 Å². The number of hydrogen-bond donors (Lipinski definition) is 0. The molecule has 0 spiro atoms. The van der Waals surface area contributed by atoms with Crippen LogP contribution in [-0.4, -0.2) is 13.1 Å². The lowest BCUT2D eigenvalue weighted by Gasteiger charge is -1.87. The molecule has 11 heavy (non-hydrogen) atoms. The molecular weight excluding hydrogens is 160 g/mol. The molecule has 0 bridgehead atoms. The number of carbonyl (C=O) groups excluding carboxylic acids is 1. The van der Waals surface area contributed by atoms with E-state index >= 15 is 0 Å². The lowest BCUT2D eigenvalue weighted by molar-refractivity contribution is -0.134. The van der Waals surface area contributed by atoms with Crippen molar-refractivity contribution in [3.05, 3.63) is 28.5 Å². The van der Waals surface area contributed by atoms with Gasteiger partial charge in [0.1, 0.15) is 0 Å². The number of hydrogen-bond acceptors (Lipinski definition) is 3. The van der Waals surface area contributed by atoms with Crippen molar-refractivity contribution in [3.8, 4) is 0 Å². The van der Waals surface area contributed by atoms with Crippen LogP contribution in [0.25, 0.3) is 6.08 Å². The van der Waals surface area contributed by atoms with Gasteiger partial charge in [0.05, 0.1) is 12.5 Å². The van der Waals surface area contributed by atoms with E-state index in [1.807, 2.05) is 11.4 Å². The molecule has 0 amide bonds. The third-order valence-corrected chi connectivity index (χ3v) is 1.72. The van der Waals surface area contributed by atoms with E-state index in [9.17, 15) is 4.79 Å². The highest BCUT2D eigenvalue weighted by Crippen LogP contribution is 2.06. The third-order valence-electron chi connectivity index (χ3n) is 1.09. The number of carbonyl (C=O) groups is 1. The van der Waals surface area contributed by atoms with Crippen molar-refractivity contribution in [2.24, 2.45) is 0 Å². The average molecular weight is 167 g/mol. The van der Waals surface area contributed by atoms with E-state index in [0.29, 0.717) is 0 Å². The summed E-state index contributed by atoms with van der Waals surface area (Å²) in [5.41, 5.74) is 0.903. The van der Waals surface area contributed by atoms with Crippen LogP contribution in [0.1, 0.15) is 5.56 Å². The first-order valence-electron chi connectivity index (χ1n) is 3.04. The predicted molar refractivity (Wildman–Crippen MR) is 44.2 cm³/mol. The fraction of sp³-hybridized carbons (Fsp3) is 0.125. The quantitative estimate of drug-likeness (QED) is 0.495. The normalized spacial score (nSPS) is 10.3. The molecule has 0 aliphatic rings. The Labute approximate surface area is 69.1 Å². The highest BCUT2D eigenvalue weighted by molar-refractivity contribution is 7.07. The highest BCUT2D eigenvalue weighted by Gasteiger charge is 1.91. The van der Waals surface area contributed by atoms with Gasteiger partial charge in [-0.15, -0.1) is 11.3 Å². The predicted octanol–water partition coefficient (Wildman–Crippen LogP) is 1.73. The molecular formula is C8H7O2S. The molecule has 0 saturated carbocycles. The SMILES string of the molecule is COC(=O)/C=C/c1[c]scc1. The van der Waals surface area contributed by atoms with Gasteiger partial charge in [-0.2, -0.15) is 0 Å². The van der Waals surface area contributed by atoms with Crippen molar-refractivity contribution in [1.82, 2.24) is 0 Å². The Balaban J connectivity index is 2.55. The largest absolute Gasteiger partial charge is 0.466 e. The summed E-state index contributed by atoms with van der Waals surface area (Å²) in [6.45, 7) is 0. The van der Waals surface area contributed by atoms with E-state index in [1.54, 1.807) is 6.08 Å². The van der Waals surface area contributed by atoms with Gasteiger partial charge < -0.3 is 4.74 Å². The lowest BCUT2D eigenvalue weighted by Crippen LogP contribution is -1.92. The number of esters is 1. The van der Waals surface area contributed by atoms with Crippen LogP contribution in [0.5, 0.6) is 0 Å². The van der Waals surface area contributed by atoms with Gasteiger partial charge in [-0.3, -0.25) is 0 Å². The molecule has 1 radical (unpaired) electrons. The molecule has 0 N–H and O–H groups in total. The van der Waals surface area contributed by atoms with E-state index in [0.717, 1.165) is 5.56 Å². The second-order valence-corrected chi connectivity index (χ2v) is 2.55. The molecule has 0 fully saturated rings. The van der Waals surface area contributed by atoms with Gasteiger partial charge in [0.2, 0.25) is 0 Å². The molecule has 0 aliphatic heterocycles. The fourth-order valence-electron chi connectivity index (χ4n) is 0.559. The van der Waals surface area contributed by atoms with E-state index in [4.69, 9.17) is 0 Å². The molecule has 1 aromatic heterocycles. The zero-order valence-corrected chi connectivity index (χ0v) is 6.85. The molecule has 1 rings (SSSR count). The Bertz CT molecular complexity index is 249. The second-order valence-electron chi connectivity index (χ2n) is 1.83. The minimum absolute atomic E-state index is 0.343. The number of rotatable bonds is 2. The lowest BCUT2D eigenvalue weighted by atomic mass is 10.3. The molecule has 0 atom stereocenters. The molecule has 0 aromatic carbocycles. The van der Waals surface area contributed by atoms with E-state index < -0.39 is 0 Å². The zero-order chi connectivity index (χ0) is 8.10. The molecule has 1 heterocycles. The summed E-state index contributed by atoms with van der Waals surface area (Å²) in [6, 6.07) is 1.88. The van der Waals surface area contributed by atoms with Gasteiger partial charge in [0.15, 0.2) is 0 Å². The fourth-order valence-corrected chi connectivity index (χ4v) is 1.11. The van der Waals surface area contributed by atoms with Crippen LogP contribution in [0.15, 0.2) is 17.5 Å². The highest BCUT2D eigenvalue weighted by atomic mass is 32.1. The van der Waals surface area contributed by atoms with Gasteiger partial charge >= 0.3 is 5.97 Å². The summed E-state index contributed by atoms with van der Waals surface area (Å²) < 4.78 is 4.41. The van der Waals surface area contributed by atoms with Crippen LogP contribution in [0.2, 0.25) is 0 Å². The first kappa shape index (κ1) is 8.01. The Morgan fingerprint density at radius 1 is 1.82 bits per heavy atom. The van der Waals surface area contributed by atoms with E-state index in [2.05, 4.69) is 10.1 Å². The number of ether oxygens (including phenoxy) is 1. The molecule has 0 saturated heterocycles. The van der Waals surface area contributed by atoms with E-state index in [1.165, 1.54) is 24.5 Å². The summed E-state index contributed by atoms with van der Waals surface area (Å²) >= 11 is 1.47. The topological polar surface area (TPSA) is 26.3 Å². The first-order valence-corrected chi connectivity index (χ1v) is 3.92. The number of thiophene rings is 1. The summed E-state index contributed by atoms with van der Waals surface area (Å²) in [5.74, 6) is -0.343. The summed E-state index contributed by atoms with van der Waals surface area (Å²) in [4.78, 5) is 10.6. The van der Waals surface area contributed by atoms with Crippen LogP contribution in [0.3, 0.4) is 0 Å². The molecule has 0 aliphatic carbocycles. The first-order chi connectivity index (χ1) is 5.33. The van der Waals surface area contributed by atoms with Crippen LogP contribution in [-0.2, 0) is 9.53 Å².